The molecular formula is C34H41ClN2O10. The lowest BCUT2D eigenvalue weighted by Gasteiger charge is -2.42. The molecule has 0 saturated carbocycles. The summed E-state index contributed by atoms with van der Waals surface area (Å²) in [5.74, 6) is -3.11. The first-order valence-corrected chi connectivity index (χ1v) is 15.8. The topological polar surface area (TPSA) is 175 Å². The van der Waals surface area contributed by atoms with Crippen LogP contribution in [0.15, 0.2) is 23.2 Å². The van der Waals surface area contributed by atoms with E-state index < -0.39 is 82.6 Å². The number of hydrogen-bond acceptors (Lipinski definition) is 11. The van der Waals surface area contributed by atoms with Crippen molar-refractivity contribution in [3.63, 3.8) is 0 Å². The smallest absolute Gasteiger partial charge is 0.202 e. The molecule has 0 bridgehead atoms. The molecule has 2 aromatic rings. The SMILES string of the molecule is COc1cccc2c1C(=O)c1c(O)c3c(c(O)c1C2=O)CC(O)(C(C)=O)C[C@@H]3OC1C[C@@H](N=CN2CCCCCC2)C(O)C(C)O1.Cl. The van der Waals surface area contributed by atoms with E-state index in [1.54, 1.807) is 13.3 Å². The summed E-state index contributed by atoms with van der Waals surface area (Å²) in [6.45, 7) is 4.65. The monoisotopic (exact) mass is 672 g/mol. The van der Waals surface area contributed by atoms with Gasteiger partial charge in [0.05, 0.1) is 48.4 Å². The number of methoxy groups -OCH3 is 1. The second kappa shape index (κ2) is 13.5. The summed E-state index contributed by atoms with van der Waals surface area (Å²) in [4.78, 5) is 47.1. The summed E-state index contributed by atoms with van der Waals surface area (Å²) in [5.41, 5.74) is -2.98. The Hall–Kier alpha value is -3.55. The number of ether oxygens (including phenoxy) is 3. The van der Waals surface area contributed by atoms with Gasteiger partial charge in [0.25, 0.3) is 0 Å². The number of carbonyl (C=O) groups is 3. The summed E-state index contributed by atoms with van der Waals surface area (Å²) in [6.07, 6.45) is 1.79. The number of rotatable bonds is 6. The third-order valence-corrected chi connectivity index (χ3v) is 9.78. The first kappa shape index (κ1) is 34.8. The first-order chi connectivity index (χ1) is 21.9. The molecule has 2 aliphatic carbocycles. The molecule has 0 spiro atoms. The van der Waals surface area contributed by atoms with Crippen molar-refractivity contribution in [1.82, 2.24) is 4.90 Å². The maximum atomic E-state index is 13.9. The largest absolute Gasteiger partial charge is 0.507 e. The molecule has 2 aromatic carbocycles. The van der Waals surface area contributed by atoms with E-state index in [9.17, 15) is 34.8 Å². The number of aliphatic hydroxyl groups is 2. The third kappa shape index (κ3) is 6.13. The minimum Gasteiger partial charge on any atom is -0.507 e. The molecule has 0 aromatic heterocycles. The molecule has 6 rings (SSSR count). The van der Waals surface area contributed by atoms with Gasteiger partial charge in [-0.15, -0.1) is 12.4 Å². The number of fused-ring (bicyclic) bond motifs is 3. The van der Waals surface area contributed by atoms with E-state index in [0.29, 0.717) is 0 Å². The number of phenols is 2. The highest BCUT2D eigenvalue weighted by Gasteiger charge is 2.49. The Morgan fingerprint density at radius 1 is 1.06 bits per heavy atom. The zero-order valence-electron chi connectivity index (χ0n) is 26.6. The number of carbonyl (C=O) groups excluding carboxylic acids is 3. The van der Waals surface area contributed by atoms with Crippen LogP contribution >= 0.6 is 12.4 Å². The molecule has 4 aliphatic rings. The van der Waals surface area contributed by atoms with Crippen molar-refractivity contribution in [3.05, 3.63) is 51.6 Å². The van der Waals surface area contributed by atoms with Crippen molar-refractivity contribution in [3.8, 4) is 17.2 Å². The molecule has 13 heteroatoms. The molecular weight excluding hydrogens is 632 g/mol. The van der Waals surface area contributed by atoms with Gasteiger partial charge >= 0.3 is 0 Å². The number of benzene rings is 2. The van der Waals surface area contributed by atoms with Crippen LogP contribution in [0.5, 0.6) is 17.2 Å². The molecule has 12 nitrogen and oxygen atoms in total. The molecule has 6 atom stereocenters. The summed E-state index contributed by atoms with van der Waals surface area (Å²) in [7, 11) is 1.35. The van der Waals surface area contributed by atoms with Gasteiger partial charge in [-0.1, -0.05) is 25.0 Å². The predicted molar refractivity (Wildman–Crippen MR) is 172 cm³/mol. The standard InChI is InChI=1S/C34H40N2O10.ClH/c1-17-29(38)21(35-16-36-11-6-4-5-7-12-36)13-24(45-17)46-23-15-34(43,18(2)37)14-20-26(23)33(42)28-27(31(20)40)30(39)19-9-8-10-22(44-3)25(19)32(28)41;/h8-10,16-17,21,23-24,29,38,40,42-43H,4-7,11-15H2,1-3H3;1H/t17?,21-,23+,24?,29?,34?;/m1./s1. The molecule has 2 saturated heterocycles. The summed E-state index contributed by atoms with van der Waals surface area (Å²) in [6, 6.07) is 3.90. The number of nitrogens with zero attached hydrogens (tertiary/aromatic N) is 2. The van der Waals surface area contributed by atoms with Crippen LogP contribution in [0.2, 0.25) is 0 Å². The number of hydrogen-bond donors (Lipinski definition) is 4. The fourth-order valence-corrected chi connectivity index (χ4v) is 7.14. The predicted octanol–water partition coefficient (Wildman–Crippen LogP) is 3.40. The van der Waals surface area contributed by atoms with E-state index in [-0.39, 0.29) is 53.3 Å². The molecule has 4 N–H and O–H groups in total. The summed E-state index contributed by atoms with van der Waals surface area (Å²) >= 11 is 0. The quantitative estimate of drug-likeness (QED) is 0.172. The normalized spacial score (nSPS) is 29.0. The molecule has 2 aliphatic heterocycles. The van der Waals surface area contributed by atoms with E-state index in [2.05, 4.69) is 9.89 Å². The van der Waals surface area contributed by atoms with Gasteiger partial charge in [-0.25, -0.2) is 0 Å². The first-order valence-electron chi connectivity index (χ1n) is 15.8. The number of aliphatic hydroxyl groups excluding tert-OH is 1. The van der Waals surface area contributed by atoms with E-state index in [1.807, 2.05) is 0 Å². The van der Waals surface area contributed by atoms with Gasteiger partial charge in [0.15, 0.2) is 17.9 Å². The highest BCUT2D eigenvalue weighted by atomic mass is 35.5. The number of ketones is 3. The van der Waals surface area contributed by atoms with Crippen LogP contribution in [0.3, 0.4) is 0 Å². The number of phenolic OH excluding ortho intramolecular Hbond substituents is 2. The highest BCUT2D eigenvalue weighted by molar-refractivity contribution is 6.31. The number of halogens is 1. The van der Waals surface area contributed by atoms with Crippen LogP contribution in [0, 0.1) is 0 Å². The maximum absolute atomic E-state index is 13.9. The van der Waals surface area contributed by atoms with Crippen LogP contribution in [-0.2, 0) is 20.7 Å². The van der Waals surface area contributed by atoms with Crippen LogP contribution in [0.1, 0.15) is 101 Å². The van der Waals surface area contributed by atoms with Gasteiger partial charge in [-0.3, -0.25) is 19.4 Å². The Morgan fingerprint density at radius 2 is 1.74 bits per heavy atom. The average Bonchev–Trinajstić information content (AvgIpc) is 3.31. The molecule has 47 heavy (non-hydrogen) atoms. The minimum atomic E-state index is -2.01. The lowest BCUT2D eigenvalue weighted by atomic mass is 9.72. The van der Waals surface area contributed by atoms with Crippen molar-refractivity contribution < 1.29 is 49.0 Å². The Bertz CT molecular complexity index is 1600. The lowest BCUT2D eigenvalue weighted by molar-refractivity contribution is -0.246. The van der Waals surface area contributed by atoms with Gasteiger partial charge in [0, 0.05) is 49.0 Å². The van der Waals surface area contributed by atoms with E-state index >= 15 is 0 Å². The van der Waals surface area contributed by atoms with Crippen molar-refractivity contribution in [2.24, 2.45) is 4.99 Å². The zero-order valence-corrected chi connectivity index (χ0v) is 27.4. The summed E-state index contributed by atoms with van der Waals surface area (Å²) in [5, 5.41) is 45.6. The molecule has 254 valence electrons. The van der Waals surface area contributed by atoms with Crippen LogP contribution in [0.25, 0.3) is 0 Å². The van der Waals surface area contributed by atoms with Crippen LogP contribution in [-0.4, -0.2) is 99.4 Å². The van der Waals surface area contributed by atoms with Crippen molar-refractivity contribution >= 4 is 36.1 Å². The van der Waals surface area contributed by atoms with E-state index in [4.69, 9.17) is 14.2 Å². The summed E-state index contributed by atoms with van der Waals surface area (Å²) < 4.78 is 17.7. The Kier molecular flexibility index (Phi) is 10.0. The second-order valence-corrected chi connectivity index (χ2v) is 12.8. The number of likely N-dealkylation sites (tertiary alicyclic amines) is 1. The zero-order chi connectivity index (χ0) is 32.9. The Balaban J connectivity index is 0.00000433. The van der Waals surface area contributed by atoms with Gasteiger partial charge in [-0.2, -0.15) is 0 Å². The van der Waals surface area contributed by atoms with E-state index in [1.165, 1.54) is 32.2 Å². The van der Waals surface area contributed by atoms with Gasteiger partial charge < -0.3 is 39.5 Å². The van der Waals surface area contributed by atoms with Gasteiger partial charge in [0.2, 0.25) is 5.78 Å². The van der Waals surface area contributed by atoms with Crippen molar-refractivity contribution in [2.75, 3.05) is 20.2 Å². The Labute approximate surface area is 278 Å². The van der Waals surface area contributed by atoms with Crippen molar-refractivity contribution in [1.29, 1.82) is 0 Å². The molecule has 4 unspecified atom stereocenters. The number of aliphatic imine (C=N–C) groups is 1. The lowest BCUT2D eigenvalue weighted by Crippen LogP contribution is -2.49. The number of aromatic hydroxyl groups is 2. The molecule has 2 fully saturated rings. The molecule has 0 amide bonds. The average molecular weight is 673 g/mol. The maximum Gasteiger partial charge on any atom is 0.202 e. The van der Waals surface area contributed by atoms with E-state index in [0.717, 1.165) is 38.8 Å². The fourth-order valence-electron chi connectivity index (χ4n) is 7.14. The Morgan fingerprint density at radius 3 is 2.40 bits per heavy atom. The van der Waals surface area contributed by atoms with Gasteiger partial charge in [0.1, 0.15) is 29.0 Å². The van der Waals surface area contributed by atoms with Crippen LogP contribution in [0.4, 0.5) is 0 Å². The minimum absolute atomic E-state index is 0. The second-order valence-electron chi connectivity index (χ2n) is 12.8. The molecule has 2 heterocycles. The third-order valence-electron chi connectivity index (χ3n) is 9.78. The van der Waals surface area contributed by atoms with Crippen LogP contribution < -0.4 is 4.74 Å². The van der Waals surface area contributed by atoms with Crippen molar-refractivity contribution in [2.45, 2.75) is 95.0 Å². The molecule has 0 radical (unpaired) electrons. The fraction of sp³-hybridized carbons (Fsp3) is 0.529. The number of Topliss-reactive ketones (excluding diaryl/α,β-unsaturated/α-hetero) is 1. The van der Waals surface area contributed by atoms with Gasteiger partial charge in [-0.05, 0) is 32.8 Å². The highest BCUT2D eigenvalue weighted by Crippen LogP contribution is 2.52.